The number of nitrogens with one attached hydrogen (secondary N) is 1. The van der Waals surface area contributed by atoms with Crippen LogP contribution in [0.1, 0.15) is 19.4 Å². The Bertz CT molecular complexity index is 349. The van der Waals surface area contributed by atoms with Crippen molar-refractivity contribution in [2.75, 3.05) is 0 Å². The van der Waals surface area contributed by atoms with Crippen molar-refractivity contribution >= 4 is 17.2 Å². The summed E-state index contributed by atoms with van der Waals surface area (Å²) in [7, 11) is 0. The molecule has 74 valence electrons. The zero-order valence-electron chi connectivity index (χ0n) is 8.20. The number of hydrogen-bond donors (Lipinski definition) is 1. The Hall–Kier alpha value is -1.34. The minimum Gasteiger partial charge on any atom is -0.338 e. The molecule has 3 nitrogen and oxygen atoms in total. The van der Waals surface area contributed by atoms with E-state index in [1.807, 2.05) is 22.9 Å². The molecule has 0 fully saturated rings. The van der Waals surface area contributed by atoms with Gasteiger partial charge < -0.3 is 5.32 Å². The summed E-state index contributed by atoms with van der Waals surface area (Å²) in [6.45, 7) is 3.36. The standard InChI is InChI=1S/C10H12N2OS/c1-10(2,7-11)12-9(13)5-8-3-4-14-6-8/h3-4,6H,5H2,1-2H3,(H,12,13). The number of nitrogens with zero attached hydrogens (tertiary/aromatic N) is 1. The van der Waals surface area contributed by atoms with Crippen molar-refractivity contribution in [3.05, 3.63) is 22.4 Å². The van der Waals surface area contributed by atoms with Crippen LogP contribution >= 0.6 is 11.3 Å². The van der Waals surface area contributed by atoms with Crippen LogP contribution in [0.5, 0.6) is 0 Å². The first-order valence-electron chi connectivity index (χ1n) is 4.27. The largest absolute Gasteiger partial charge is 0.338 e. The van der Waals surface area contributed by atoms with Crippen LogP contribution in [0.15, 0.2) is 16.8 Å². The van der Waals surface area contributed by atoms with Crippen molar-refractivity contribution in [1.29, 1.82) is 5.26 Å². The van der Waals surface area contributed by atoms with Gasteiger partial charge in [-0.25, -0.2) is 0 Å². The number of nitriles is 1. The third-order valence-corrected chi connectivity index (χ3v) is 2.41. The summed E-state index contributed by atoms with van der Waals surface area (Å²) in [5.41, 5.74) is 0.203. The van der Waals surface area contributed by atoms with Crippen LogP contribution in [0.2, 0.25) is 0 Å². The lowest BCUT2D eigenvalue weighted by atomic mass is 10.1. The molecule has 4 heteroatoms. The first-order chi connectivity index (χ1) is 6.53. The van der Waals surface area contributed by atoms with E-state index in [1.54, 1.807) is 25.2 Å². The molecular weight excluding hydrogens is 196 g/mol. The van der Waals surface area contributed by atoms with E-state index in [1.165, 1.54) is 0 Å². The molecule has 0 aliphatic rings. The molecule has 1 N–H and O–H groups in total. The third kappa shape index (κ3) is 3.19. The van der Waals surface area contributed by atoms with Gasteiger partial charge in [0.25, 0.3) is 0 Å². The van der Waals surface area contributed by atoms with Crippen LogP contribution in [-0.4, -0.2) is 11.4 Å². The Morgan fingerprint density at radius 3 is 2.93 bits per heavy atom. The second-order valence-electron chi connectivity index (χ2n) is 3.59. The van der Waals surface area contributed by atoms with Crippen molar-refractivity contribution in [2.24, 2.45) is 0 Å². The number of thiophene rings is 1. The molecule has 0 radical (unpaired) electrons. The predicted molar refractivity (Wildman–Crippen MR) is 55.9 cm³/mol. The van der Waals surface area contributed by atoms with Gasteiger partial charge in [-0.15, -0.1) is 0 Å². The Balaban J connectivity index is 2.49. The maximum atomic E-state index is 11.4. The van der Waals surface area contributed by atoms with E-state index in [-0.39, 0.29) is 5.91 Å². The Morgan fingerprint density at radius 2 is 2.43 bits per heavy atom. The monoisotopic (exact) mass is 208 g/mol. The van der Waals surface area contributed by atoms with E-state index < -0.39 is 5.54 Å². The molecule has 1 rings (SSSR count). The second kappa shape index (κ2) is 4.25. The van der Waals surface area contributed by atoms with E-state index in [9.17, 15) is 4.79 Å². The van der Waals surface area contributed by atoms with Gasteiger partial charge in [0.1, 0.15) is 5.54 Å². The highest BCUT2D eigenvalue weighted by atomic mass is 32.1. The van der Waals surface area contributed by atoms with Gasteiger partial charge >= 0.3 is 0 Å². The van der Waals surface area contributed by atoms with Crippen LogP contribution in [0.4, 0.5) is 0 Å². The normalized spacial score (nSPS) is 10.6. The number of amides is 1. The summed E-state index contributed by atoms with van der Waals surface area (Å²) < 4.78 is 0. The second-order valence-corrected chi connectivity index (χ2v) is 4.37. The van der Waals surface area contributed by atoms with Gasteiger partial charge in [0.2, 0.25) is 5.91 Å². The predicted octanol–water partition coefficient (Wildman–Crippen LogP) is 1.71. The molecule has 0 aliphatic heterocycles. The topological polar surface area (TPSA) is 52.9 Å². The molecule has 0 unspecified atom stereocenters. The van der Waals surface area contributed by atoms with E-state index in [0.717, 1.165) is 5.56 Å². The van der Waals surface area contributed by atoms with Crippen LogP contribution in [0.25, 0.3) is 0 Å². The fourth-order valence-corrected chi connectivity index (χ4v) is 1.67. The molecule has 0 aromatic carbocycles. The molecule has 1 aromatic rings. The van der Waals surface area contributed by atoms with Gasteiger partial charge in [-0.1, -0.05) is 0 Å². The van der Waals surface area contributed by atoms with E-state index in [4.69, 9.17) is 5.26 Å². The average Bonchev–Trinajstić information content (AvgIpc) is 2.55. The molecule has 0 atom stereocenters. The molecule has 0 aliphatic carbocycles. The fraction of sp³-hybridized carbons (Fsp3) is 0.400. The lowest BCUT2D eigenvalue weighted by Gasteiger charge is -2.16. The number of hydrogen-bond acceptors (Lipinski definition) is 3. The van der Waals surface area contributed by atoms with Gasteiger partial charge in [-0.05, 0) is 36.2 Å². The van der Waals surface area contributed by atoms with Crippen LogP contribution < -0.4 is 5.32 Å². The summed E-state index contributed by atoms with van der Waals surface area (Å²) in [4.78, 5) is 11.4. The highest BCUT2D eigenvalue weighted by Gasteiger charge is 2.19. The van der Waals surface area contributed by atoms with Crippen molar-refractivity contribution in [2.45, 2.75) is 25.8 Å². The zero-order chi connectivity index (χ0) is 10.6. The third-order valence-electron chi connectivity index (χ3n) is 1.68. The Kier molecular flexibility index (Phi) is 3.26. The number of carbonyl (C=O) groups is 1. The average molecular weight is 208 g/mol. The first kappa shape index (κ1) is 10.7. The van der Waals surface area contributed by atoms with Crippen LogP contribution in [-0.2, 0) is 11.2 Å². The fourth-order valence-electron chi connectivity index (χ4n) is 0.999. The minimum atomic E-state index is -0.785. The van der Waals surface area contributed by atoms with Crippen molar-refractivity contribution in [1.82, 2.24) is 5.32 Å². The summed E-state index contributed by atoms with van der Waals surface area (Å²) in [5, 5.41) is 15.2. The lowest BCUT2D eigenvalue weighted by Crippen LogP contribution is -2.42. The summed E-state index contributed by atoms with van der Waals surface area (Å²) in [6, 6.07) is 3.93. The maximum Gasteiger partial charge on any atom is 0.225 e. The van der Waals surface area contributed by atoms with Crippen LogP contribution in [0.3, 0.4) is 0 Å². The van der Waals surface area contributed by atoms with Crippen molar-refractivity contribution in [3.63, 3.8) is 0 Å². The molecule has 1 heterocycles. The summed E-state index contributed by atoms with van der Waals surface area (Å²) >= 11 is 1.56. The SMILES string of the molecule is CC(C)(C#N)NC(=O)Cc1ccsc1. The molecule has 0 saturated carbocycles. The highest BCUT2D eigenvalue weighted by Crippen LogP contribution is 2.07. The Labute approximate surface area is 87.4 Å². The van der Waals surface area contributed by atoms with E-state index >= 15 is 0 Å². The van der Waals surface area contributed by atoms with Gasteiger partial charge in [0.05, 0.1) is 12.5 Å². The van der Waals surface area contributed by atoms with Crippen molar-refractivity contribution < 1.29 is 4.79 Å². The van der Waals surface area contributed by atoms with Gasteiger partial charge in [-0.2, -0.15) is 16.6 Å². The summed E-state index contributed by atoms with van der Waals surface area (Å²) in [5.74, 6) is -0.116. The molecule has 0 saturated heterocycles. The highest BCUT2D eigenvalue weighted by molar-refractivity contribution is 7.07. The quantitative estimate of drug-likeness (QED) is 0.822. The van der Waals surface area contributed by atoms with Gasteiger partial charge in [0.15, 0.2) is 0 Å². The number of rotatable bonds is 3. The molecule has 14 heavy (non-hydrogen) atoms. The molecule has 0 bridgehead atoms. The van der Waals surface area contributed by atoms with Crippen molar-refractivity contribution in [3.8, 4) is 6.07 Å². The summed E-state index contributed by atoms with van der Waals surface area (Å²) in [6.07, 6.45) is 0.342. The maximum absolute atomic E-state index is 11.4. The Morgan fingerprint density at radius 1 is 1.71 bits per heavy atom. The zero-order valence-corrected chi connectivity index (χ0v) is 9.02. The van der Waals surface area contributed by atoms with Gasteiger partial charge in [-0.3, -0.25) is 4.79 Å². The van der Waals surface area contributed by atoms with E-state index in [2.05, 4.69) is 5.32 Å². The molecule has 0 spiro atoms. The minimum absolute atomic E-state index is 0.116. The van der Waals surface area contributed by atoms with Crippen LogP contribution in [0, 0.1) is 11.3 Å². The van der Waals surface area contributed by atoms with Gasteiger partial charge in [0, 0.05) is 0 Å². The number of carbonyl (C=O) groups excluding carboxylic acids is 1. The molecular formula is C10H12N2OS. The van der Waals surface area contributed by atoms with E-state index in [0.29, 0.717) is 6.42 Å². The lowest BCUT2D eigenvalue weighted by molar-refractivity contribution is -0.121. The molecule has 1 amide bonds. The smallest absolute Gasteiger partial charge is 0.225 e. The first-order valence-corrected chi connectivity index (χ1v) is 5.21. The molecule has 1 aromatic heterocycles.